The maximum Gasteiger partial charge on any atom is 1.00 e. The number of nitrogens with two attached hydrogens (primary N) is 2. The second-order valence-electron chi connectivity index (χ2n) is 12.4. The first-order valence-electron chi connectivity index (χ1n) is 16.2. The van der Waals surface area contributed by atoms with Gasteiger partial charge >= 0.3 is 88.7 Å². The fourth-order valence-electron chi connectivity index (χ4n) is 5.80. The molecule has 0 saturated carbocycles. The predicted octanol–water partition coefficient (Wildman–Crippen LogP) is -1.89. The summed E-state index contributed by atoms with van der Waals surface area (Å²) in [4.78, 5) is -2.17. The van der Waals surface area contributed by atoms with E-state index in [9.17, 15) is 49.1 Å². The summed E-state index contributed by atoms with van der Waals surface area (Å²) in [5.74, 6) is -1.92. The molecule has 19 nitrogen and oxygen atoms in total. The zero-order valence-electron chi connectivity index (χ0n) is 31.9. The Morgan fingerprint density at radius 3 is 1.48 bits per heavy atom. The van der Waals surface area contributed by atoms with Gasteiger partial charge in [-0.25, -0.2) is 8.42 Å². The summed E-state index contributed by atoms with van der Waals surface area (Å²) in [6.07, 6.45) is 0. The standard InChI is InChI=1S/C36H26N8O11S3.3Na/c37-20-3-1-18-13-31(57(50,51)52)33(35(45)26(18)15-20)44-41-23-4-2-19-14-32(58(53,54)55)34(36(46)27(19)16-23)43-40-22-7-5-21(6-8-22)39-42-30-12-11-29(38)25-10-9-24(17-28(25)30)56(47,48)49;;;/h1-17,45-46H,37-38H2,(H,47,48,49)(H,50,51,52)(H,53,54,55);;;/q;3*+1/p-3. The molecule has 0 radical (unpaired) electrons. The first kappa shape index (κ1) is 49.7. The van der Waals surface area contributed by atoms with E-state index in [2.05, 4.69) is 30.7 Å². The summed E-state index contributed by atoms with van der Waals surface area (Å²) in [6, 6.07) is 22.1. The Bertz CT molecular complexity index is 3320. The number of fused-ring (bicyclic) bond motifs is 3. The van der Waals surface area contributed by atoms with E-state index in [1.165, 1.54) is 72.8 Å². The van der Waals surface area contributed by atoms with Gasteiger partial charge in [-0.15, -0.1) is 15.3 Å². The molecule has 61 heavy (non-hydrogen) atoms. The van der Waals surface area contributed by atoms with E-state index in [1.54, 1.807) is 0 Å². The smallest absolute Gasteiger partial charge is 0.871 e. The van der Waals surface area contributed by atoms with Crippen LogP contribution in [0.4, 0.5) is 45.5 Å². The van der Waals surface area contributed by atoms with E-state index in [-0.39, 0.29) is 144 Å². The van der Waals surface area contributed by atoms with Gasteiger partial charge in [-0.1, -0.05) is 29.7 Å². The van der Waals surface area contributed by atoms with Crippen molar-refractivity contribution < 1.29 is 138 Å². The monoisotopic (exact) mass is 908 g/mol. The van der Waals surface area contributed by atoms with Crippen molar-refractivity contribution in [2.75, 3.05) is 11.5 Å². The summed E-state index contributed by atoms with van der Waals surface area (Å²) in [5, 5.41) is 51.3. The van der Waals surface area contributed by atoms with Gasteiger partial charge in [0.25, 0.3) is 20.2 Å². The molecule has 0 aromatic heterocycles. The van der Waals surface area contributed by atoms with Gasteiger partial charge in [0.2, 0.25) is 0 Å². The maximum absolute atomic E-state index is 13.7. The third kappa shape index (κ3) is 10.8. The van der Waals surface area contributed by atoms with Crippen LogP contribution in [0.25, 0.3) is 32.3 Å². The van der Waals surface area contributed by atoms with Crippen LogP contribution in [0.1, 0.15) is 0 Å². The van der Waals surface area contributed by atoms with Gasteiger partial charge in [-0.2, -0.15) is 32.2 Å². The average molecular weight is 909 g/mol. The van der Waals surface area contributed by atoms with Gasteiger partial charge < -0.3 is 26.2 Å². The fraction of sp³-hybridized carbons (Fsp3) is 0. The van der Waals surface area contributed by atoms with Crippen molar-refractivity contribution in [2.24, 2.45) is 30.7 Å². The van der Waals surface area contributed by atoms with Crippen LogP contribution in [0, 0.1) is 0 Å². The van der Waals surface area contributed by atoms with E-state index in [1.807, 2.05) is 0 Å². The number of hydrogen-bond acceptors (Lipinski definition) is 17. The van der Waals surface area contributed by atoms with Gasteiger partial charge in [0.15, 0.2) is 0 Å². The number of nitrogens with zero attached hydrogens (tertiary/aromatic N) is 6. The van der Waals surface area contributed by atoms with Crippen molar-refractivity contribution in [2.45, 2.75) is 14.7 Å². The Kier molecular flexibility index (Phi) is 15.6. The van der Waals surface area contributed by atoms with E-state index in [4.69, 9.17) is 11.5 Å². The van der Waals surface area contributed by atoms with Gasteiger partial charge in [0, 0.05) is 22.1 Å². The van der Waals surface area contributed by atoms with Gasteiger partial charge in [0.1, 0.15) is 19.9 Å². The van der Waals surface area contributed by atoms with Crippen molar-refractivity contribution in [1.82, 2.24) is 0 Å². The Balaban J connectivity index is 0.00000273. The second-order valence-corrected chi connectivity index (χ2v) is 16.6. The number of azo groups is 3. The minimum atomic E-state index is -5.03. The van der Waals surface area contributed by atoms with Crippen molar-refractivity contribution in [3.63, 3.8) is 0 Å². The molecule has 7 aromatic carbocycles. The molecule has 0 atom stereocenters. The molecule has 0 bridgehead atoms. The van der Waals surface area contributed by atoms with Crippen LogP contribution in [0.5, 0.6) is 11.5 Å². The minimum absolute atomic E-state index is 0. The molecule has 25 heteroatoms. The SMILES string of the molecule is Nc1ccc2cc(S(=O)(=O)O)c(N=Nc3ccc4cc(S(=O)(=O)O)c(N=Nc5ccc(N=Nc6ccc(N)c7ccc(S(=O)(=O)[O-])cc67)cc5)c([O-])c4c3)c([O-])c2c1.[Na+].[Na+].[Na+]. The Morgan fingerprint density at radius 1 is 0.475 bits per heavy atom. The molecule has 7 rings (SSSR count). The van der Waals surface area contributed by atoms with Crippen LogP contribution in [0.15, 0.2) is 149 Å². The Hall–Kier alpha value is -3.95. The maximum atomic E-state index is 13.7. The largest absolute Gasteiger partial charge is 1.00 e. The van der Waals surface area contributed by atoms with Crippen molar-refractivity contribution in [1.29, 1.82) is 0 Å². The van der Waals surface area contributed by atoms with Crippen molar-refractivity contribution in [3.05, 3.63) is 103 Å². The molecule has 0 saturated heterocycles. The van der Waals surface area contributed by atoms with Crippen LogP contribution in [0.3, 0.4) is 0 Å². The molecular formula is C36H23N8Na3O11S3. The molecule has 0 unspecified atom stereocenters. The number of nitrogen functional groups attached to an aromatic ring is 2. The van der Waals surface area contributed by atoms with Gasteiger partial charge in [-0.3, -0.25) is 9.11 Å². The molecule has 294 valence electrons. The van der Waals surface area contributed by atoms with Crippen LogP contribution < -0.4 is 110 Å². The molecule has 7 aromatic rings. The van der Waals surface area contributed by atoms with Crippen LogP contribution in [-0.2, 0) is 30.4 Å². The topological polar surface area (TPSA) is 338 Å². The average Bonchev–Trinajstić information content (AvgIpc) is 3.16. The van der Waals surface area contributed by atoms with Crippen LogP contribution in [-0.4, -0.2) is 38.9 Å². The van der Waals surface area contributed by atoms with E-state index < -0.39 is 67.9 Å². The summed E-state index contributed by atoms with van der Waals surface area (Å²) in [5.41, 5.74) is 11.3. The molecule has 0 aliphatic heterocycles. The van der Waals surface area contributed by atoms with Crippen molar-refractivity contribution in [3.8, 4) is 11.5 Å². The number of rotatable bonds is 9. The molecule has 0 aliphatic rings. The van der Waals surface area contributed by atoms with E-state index in [0.717, 1.165) is 30.3 Å². The molecular weight excluding hydrogens is 886 g/mol. The zero-order valence-corrected chi connectivity index (χ0v) is 40.4. The predicted molar refractivity (Wildman–Crippen MR) is 206 cm³/mol. The summed E-state index contributed by atoms with van der Waals surface area (Å²) >= 11 is 0. The molecule has 0 heterocycles. The summed E-state index contributed by atoms with van der Waals surface area (Å²) < 4.78 is 104. The van der Waals surface area contributed by atoms with Crippen LogP contribution >= 0.6 is 0 Å². The molecule has 0 spiro atoms. The van der Waals surface area contributed by atoms with E-state index >= 15 is 0 Å². The normalized spacial score (nSPS) is 12.2. The van der Waals surface area contributed by atoms with Crippen LogP contribution in [0.2, 0.25) is 0 Å². The van der Waals surface area contributed by atoms with Gasteiger partial charge in [0.05, 0.1) is 39.0 Å². The minimum Gasteiger partial charge on any atom is -0.871 e. The third-order valence-electron chi connectivity index (χ3n) is 8.57. The fourth-order valence-corrected chi connectivity index (χ4v) is 7.60. The van der Waals surface area contributed by atoms with E-state index in [0.29, 0.717) is 11.1 Å². The molecule has 6 N–H and O–H groups in total. The summed E-state index contributed by atoms with van der Waals surface area (Å²) in [6.45, 7) is 0. The van der Waals surface area contributed by atoms with Crippen molar-refractivity contribution >= 4 is 108 Å². The Labute approximate surface area is 412 Å². The summed E-state index contributed by atoms with van der Waals surface area (Å²) in [7, 11) is -14.8. The number of anilines is 2. The first-order valence-corrected chi connectivity index (χ1v) is 20.5. The first-order chi connectivity index (χ1) is 27.3. The quantitative estimate of drug-likeness (QED) is 0.0534. The number of hydrogen-bond donors (Lipinski definition) is 4. The Morgan fingerprint density at radius 2 is 0.951 bits per heavy atom. The second kappa shape index (κ2) is 19.2. The molecule has 0 aliphatic carbocycles. The third-order valence-corrected chi connectivity index (χ3v) is 11.1. The van der Waals surface area contributed by atoms with Gasteiger partial charge in [-0.05, 0) is 106 Å². The number of benzene rings is 7. The molecule has 0 amide bonds. The molecule has 0 fully saturated rings. The zero-order chi connectivity index (χ0) is 41.7.